The second-order valence-corrected chi connectivity index (χ2v) is 11.5. The number of carbonyl (C=O) groups is 1. The molecule has 5 N–H and O–H groups in total. The number of nitrogens with two attached hydrogens (primary N) is 1. The van der Waals surface area contributed by atoms with Crippen molar-refractivity contribution in [3.05, 3.63) is 33.2 Å². The highest BCUT2D eigenvalue weighted by Crippen LogP contribution is 2.37. The van der Waals surface area contributed by atoms with Crippen LogP contribution in [0.3, 0.4) is 0 Å². The van der Waals surface area contributed by atoms with Crippen molar-refractivity contribution < 1.29 is 19.2 Å². The summed E-state index contributed by atoms with van der Waals surface area (Å²) in [5, 5.41) is 29.3. The number of urea groups is 1. The number of rotatable bonds is 4. The largest absolute Gasteiger partial charge is 0.387 e. The first-order valence-electron chi connectivity index (χ1n) is 10.3. The number of anilines is 1. The van der Waals surface area contributed by atoms with E-state index in [1.807, 2.05) is 0 Å². The summed E-state index contributed by atoms with van der Waals surface area (Å²) in [5.74, 6) is 0. The molecule has 0 radical (unpaired) electrons. The monoisotopic (exact) mass is 465 g/mol. The summed E-state index contributed by atoms with van der Waals surface area (Å²) < 4.78 is 17.0. The lowest BCUT2D eigenvalue weighted by Gasteiger charge is -2.14. The molecule has 2 aromatic heterocycles. The number of amides is 2. The highest BCUT2D eigenvalue weighted by molar-refractivity contribution is 7.93. The van der Waals surface area contributed by atoms with Gasteiger partial charge in [0.25, 0.3) is 0 Å². The van der Waals surface area contributed by atoms with Crippen molar-refractivity contribution in [2.45, 2.75) is 75.2 Å². The van der Waals surface area contributed by atoms with Crippen LogP contribution in [0.2, 0.25) is 0 Å². The third-order valence-corrected chi connectivity index (χ3v) is 8.83. The maximum absolute atomic E-state index is 13.2. The van der Waals surface area contributed by atoms with Gasteiger partial charge in [-0.3, -0.25) is 4.98 Å². The Balaban J connectivity index is 1.71. The molecule has 0 spiro atoms. The molecule has 11 heteroatoms. The maximum atomic E-state index is 13.2. The number of fused-ring (bicyclic) bond motifs is 2. The van der Waals surface area contributed by atoms with Gasteiger partial charge in [0, 0.05) is 11.4 Å². The van der Waals surface area contributed by atoms with Crippen molar-refractivity contribution in [2.24, 2.45) is 9.50 Å². The van der Waals surface area contributed by atoms with Gasteiger partial charge in [-0.1, -0.05) is 0 Å². The number of thiazole rings is 1. The third kappa shape index (κ3) is 4.24. The van der Waals surface area contributed by atoms with Crippen LogP contribution < -0.4 is 10.5 Å². The van der Waals surface area contributed by atoms with Crippen LogP contribution in [0.15, 0.2) is 8.57 Å². The summed E-state index contributed by atoms with van der Waals surface area (Å²) in [5.41, 5.74) is 3.55. The van der Waals surface area contributed by atoms with Crippen LogP contribution in [0, 0.1) is 0 Å². The smallest absolute Gasteiger partial charge is 0.354 e. The van der Waals surface area contributed by atoms with Crippen molar-refractivity contribution in [3.8, 4) is 0 Å². The second-order valence-electron chi connectivity index (χ2n) is 8.56. The fourth-order valence-electron chi connectivity index (χ4n) is 4.08. The van der Waals surface area contributed by atoms with E-state index in [0.717, 1.165) is 78.1 Å². The highest BCUT2D eigenvalue weighted by atomic mass is 32.2. The van der Waals surface area contributed by atoms with Gasteiger partial charge in [0.05, 0.1) is 17.5 Å². The van der Waals surface area contributed by atoms with Gasteiger partial charge in [-0.2, -0.15) is 0 Å². The van der Waals surface area contributed by atoms with E-state index in [0.29, 0.717) is 0 Å². The number of carbonyl (C=O) groups excluding carboxylic acids is 1. The van der Waals surface area contributed by atoms with Gasteiger partial charge >= 0.3 is 6.03 Å². The molecule has 0 fully saturated rings. The summed E-state index contributed by atoms with van der Waals surface area (Å²) in [6, 6.07) is -0.809. The molecule has 2 aliphatic rings. The Kier molecular flexibility index (Phi) is 5.67. The van der Waals surface area contributed by atoms with Crippen molar-refractivity contribution in [2.75, 3.05) is 5.32 Å². The van der Waals surface area contributed by atoms with Crippen LogP contribution in [-0.4, -0.2) is 30.4 Å². The van der Waals surface area contributed by atoms with Crippen LogP contribution in [-0.2, 0) is 41.2 Å². The first-order valence-corrected chi connectivity index (χ1v) is 12.7. The molecular weight excluding hydrogens is 438 g/mol. The molecule has 2 aromatic rings. The van der Waals surface area contributed by atoms with E-state index in [4.69, 9.17) is 10.1 Å². The van der Waals surface area contributed by atoms with Gasteiger partial charge in [0.1, 0.15) is 14.8 Å². The molecule has 31 heavy (non-hydrogen) atoms. The summed E-state index contributed by atoms with van der Waals surface area (Å²) >= 11 is 0.885. The Bertz CT molecular complexity index is 1140. The van der Waals surface area contributed by atoms with Crippen LogP contribution in [0.1, 0.15) is 72.9 Å². The predicted octanol–water partition coefficient (Wildman–Crippen LogP) is 2.73. The van der Waals surface area contributed by atoms with E-state index in [9.17, 15) is 19.2 Å². The maximum Gasteiger partial charge on any atom is 0.354 e. The predicted molar refractivity (Wildman–Crippen MR) is 118 cm³/mol. The molecule has 168 valence electrons. The van der Waals surface area contributed by atoms with Gasteiger partial charge in [0.15, 0.2) is 9.92 Å². The SMILES string of the molecule is CC(O)c1nc(C(C)(C)O)sc1S(N)(=O)=NC(=O)Nc1c2c(nc3c1CCC3)CCC2. The molecular formula is C20H27N5O4S2. The zero-order valence-electron chi connectivity index (χ0n) is 17.8. The average Bonchev–Trinajstić information content (AvgIpc) is 3.39. The zero-order chi connectivity index (χ0) is 22.6. The Morgan fingerprint density at radius 1 is 1.19 bits per heavy atom. The minimum Gasteiger partial charge on any atom is -0.387 e. The van der Waals surface area contributed by atoms with Crippen LogP contribution in [0.5, 0.6) is 0 Å². The number of hydrogen-bond donors (Lipinski definition) is 4. The van der Waals surface area contributed by atoms with Crippen LogP contribution >= 0.6 is 11.3 Å². The quantitative estimate of drug-likeness (QED) is 0.545. The fourth-order valence-corrected chi connectivity index (χ4v) is 6.69. The Morgan fingerprint density at radius 2 is 1.77 bits per heavy atom. The zero-order valence-corrected chi connectivity index (χ0v) is 19.4. The summed E-state index contributed by atoms with van der Waals surface area (Å²) in [7, 11) is -3.69. The van der Waals surface area contributed by atoms with Crippen molar-refractivity contribution >= 4 is 33.0 Å². The van der Waals surface area contributed by atoms with Crippen molar-refractivity contribution in [1.29, 1.82) is 0 Å². The lowest BCUT2D eigenvalue weighted by molar-refractivity contribution is 0.0775. The molecule has 0 aliphatic heterocycles. The molecule has 0 bridgehead atoms. The van der Waals surface area contributed by atoms with Crippen molar-refractivity contribution in [3.63, 3.8) is 0 Å². The first kappa shape index (κ1) is 22.3. The van der Waals surface area contributed by atoms with Gasteiger partial charge < -0.3 is 15.5 Å². The standard InChI is InChI=1S/C20H27N5O4S2/c1-10(26)15-17(30-18(23-15)20(2,3)28)31(21,29)25-19(27)24-16-11-6-4-8-13(11)22-14-9-5-7-12(14)16/h10,26,28H,4-9H2,1-3H3,(H3,21,22,24,25,27,29). The molecule has 2 atom stereocenters. The number of pyridine rings is 1. The Hall–Kier alpha value is -1.92. The highest BCUT2D eigenvalue weighted by Gasteiger charge is 2.30. The van der Waals surface area contributed by atoms with E-state index in [2.05, 4.69) is 14.7 Å². The summed E-state index contributed by atoms with van der Waals surface area (Å²) in [4.78, 5) is 21.8. The van der Waals surface area contributed by atoms with Gasteiger partial charge in [-0.25, -0.2) is 19.1 Å². The average molecular weight is 466 g/mol. The van der Waals surface area contributed by atoms with Gasteiger partial charge in [0.2, 0.25) is 0 Å². The number of aliphatic hydroxyl groups excluding tert-OH is 1. The molecule has 2 amide bonds. The van der Waals surface area contributed by atoms with Crippen LogP contribution in [0.4, 0.5) is 10.5 Å². The summed E-state index contributed by atoms with van der Waals surface area (Å²) in [6.07, 6.45) is 4.31. The molecule has 0 saturated heterocycles. The molecule has 0 saturated carbocycles. The van der Waals surface area contributed by atoms with Gasteiger partial charge in [-0.05, 0) is 70.4 Å². The van der Waals surface area contributed by atoms with Gasteiger partial charge in [-0.15, -0.1) is 15.7 Å². The van der Waals surface area contributed by atoms with E-state index in [-0.39, 0.29) is 14.9 Å². The third-order valence-electron chi connectivity index (χ3n) is 5.51. The number of aryl methyl sites for hydroxylation is 2. The number of nitrogens with zero attached hydrogens (tertiary/aromatic N) is 3. The molecule has 2 aliphatic carbocycles. The second kappa shape index (κ2) is 7.89. The van der Waals surface area contributed by atoms with E-state index < -0.39 is 27.7 Å². The topological polar surface area (TPSA) is 151 Å². The lowest BCUT2D eigenvalue weighted by Crippen LogP contribution is -2.19. The number of aliphatic hydroxyl groups is 2. The lowest BCUT2D eigenvalue weighted by atomic mass is 10.1. The van der Waals surface area contributed by atoms with E-state index in [1.165, 1.54) is 20.8 Å². The normalized spacial score (nSPS) is 18.3. The summed E-state index contributed by atoms with van der Waals surface area (Å²) in [6.45, 7) is 4.49. The number of aromatic nitrogens is 2. The van der Waals surface area contributed by atoms with Crippen LogP contribution in [0.25, 0.3) is 0 Å². The molecule has 2 heterocycles. The number of hydrogen-bond acceptors (Lipinski definition) is 7. The Labute approximate surface area is 185 Å². The minimum atomic E-state index is -3.69. The number of nitrogens with one attached hydrogen (secondary N) is 1. The fraction of sp³-hybridized carbons (Fsp3) is 0.550. The minimum absolute atomic E-state index is 0.0139. The van der Waals surface area contributed by atoms with Crippen molar-refractivity contribution in [1.82, 2.24) is 9.97 Å². The molecule has 4 rings (SSSR count). The van der Waals surface area contributed by atoms with E-state index in [1.54, 1.807) is 0 Å². The first-order chi connectivity index (χ1) is 14.5. The molecule has 0 aromatic carbocycles. The Morgan fingerprint density at radius 3 is 2.29 bits per heavy atom. The molecule has 9 nitrogen and oxygen atoms in total. The van der Waals surface area contributed by atoms with E-state index >= 15 is 0 Å². The molecule has 2 unspecified atom stereocenters.